The van der Waals surface area contributed by atoms with E-state index in [1.54, 1.807) is 0 Å². The Morgan fingerprint density at radius 3 is 2.24 bits per heavy atom. The first kappa shape index (κ1) is 21.4. The summed E-state index contributed by atoms with van der Waals surface area (Å²) in [6, 6.07) is 0. The first-order valence-corrected chi connectivity index (χ1v) is 11.4. The van der Waals surface area contributed by atoms with Crippen LogP contribution >= 0.6 is 0 Å². The number of methoxy groups -OCH3 is 2. The molecule has 7 heteroatoms. The molecule has 1 aliphatic rings. The molecule has 0 amide bonds. The zero-order chi connectivity index (χ0) is 19.5. The molecule has 0 spiro atoms. The summed E-state index contributed by atoms with van der Waals surface area (Å²) in [5, 5.41) is -0.0269. The van der Waals surface area contributed by atoms with Gasteiger partial charge < -0.3 is 18.7 Å². The average molecular weight is 371 g/mol. The highest BCUT2D eigenvalue weighted by atomic mass is 28.4. The monoisotopic (exact) mass is 370 g/mol. The van der Waals surface area contributed by atoms with E-state index in [0.717, 1.165) is 0 Å². The topological polar surface area (TPSA) is 78.9 Å². The van der Waals surface area contributed by atoms with Gasteiger partial charge in [0.1, 0.15) is 6.29 Å². The van der Waals surface area contributed by atoms with Crippen molar-refractivity contribution in [1.82, 2.24) is 0 Å². The molecule has 0 aromatic carbocycles. The van der Waals surface area contributed by atoms with Crippen molar-refractivity contribution in [2.75, 3.05) is 14.2 Å². The van der Waals surface area contributed by atoms with Gasteiger partial charge in [0.2, 0.25) is 8.32 Å². The third-order valence-electron chi connectivity index (χ3n) is 5.39. The first-order chi connectivity index (χ1) is 11.4. The van der Waals surface area contributed by atoms with Crippen LogP contribution in [0.25, 0.3) is 0 Å². The van der Waals surface area contributed by atoms with Crippen LogP contribution in [-0.4, -0.2) is 40.8 Å². The number of ether oxygens (including phenoxy) is 2. The minimum absolute atomic E-state index is 0.00748. The van der Waals surface area contributed by atoms with E-state index in [1.807, 2.05) is 0 Å². The Labute approximate surface area is 151 Å². The molecule has 0 aromatic heterocycles. The first-order valence-electron chi connectivity index (χ1n) is 8.45. The molecule has 0 heterocycles. The van der Waals surface area contributed by atoms with Crippen LogP contribution < -0.4 is 0 Å². The summed E-state index contributed by atoms with van der Waals surface area (Å²) in [6.45, 7) is 10.5. The molecule has 1 unspecified atom stereocenters. The van der Waals surface area contributed by atoms with Crippen molar-refractivity contribution >= 4 is 26.5 Å². The molecule has 1 rings (SSSR count). The molecule has 142 valence electrons. The van der Waals surface area contributed by atoms with Crippen molar-refractivity contribution in [3.63, 3.8) is 0 Å². The van der Waals surface area contributed by atoms with Gasteiger partial charge in [-0.2, -0.15) is 0 Å². The van der Waals surface area contributed by atoms with E-state index in [9.17, 15) is 14.4 Å². The molecule has 0 aromatic rings. The molecule has 0 radical (unpaired) electrons. The number of hydrogen-bond donors (Lipinski definition) is 0. The summed E-state index contributed by atoms with van der Waals surface area (Å²) in [4.78, 5) is 35.8. The summed E-state index contributed by atoms with van der Waals surface area (Å²) >= 11 is 0. The molecule has 25 heavy (non-hydrogen) atoms. The van der Waals surface area contributed by atoms with Gasteiger partial charge in [-0.3, -0.25) is 4.79 Å². The molecule has 0 N–H and O–H groups in total. The second-order valence-electron chi connectivity index (χ2n) is 8.08. The Morgan fingerprint density at radius 1 is 1.20 bits per heavy atom. The molecule has 0 saturated heterocycles. The lowest BCUT2D eigenvalue weighted by Gasteiger charge is -2.41. The fourth-order valence-corrected chi connectivity index (χ4v) is 3.87. The van der Waals surface area contributed by atoms with Crippen molar-refractivity contribution in [1.29, 1.82) is 0 Å². The Bertz CT molecular complexity index is 573. The van der Waals surface area contributed by atoms with E-state index in [-0.39, 0.29) is 17.9 Å². The van der Waals surface area contributed by atoms with Crippen LogP contribution in [0.5, 0.6) is 0 Å². The van der Waals surface area contributed by atoms with E-state index in [0.29, 0.717) is 30.5 Å². The van der Waals surface area contributed by atoms with Gasteiger partial charge in [-0.05, 0) is 31.0 Å². The van der Waals surface area contributed by atoms with Crippen molar-refractivity contribution in [2.45, 2.75) is 64.6 Å². The van der Waals surface area contributed by atoms with E-state index < -0.39 is 25.7 Å². The smallest absolute Gasteiger partial charge is 0.337 e. The molecule has 0 bridgehead atoms. The number of esters is 2. The van der Waals surface area contributed by atoms with Crippen LogP contribution in [0.2, 0.25) is 18.1 Å². The number of rotatable bonds is 6. The number of carbonyl (C=O) groups excluding carboxylic acids is 3. The van der Waals surface area contributed by atoms with Gasteiger partial charge in [0.05, 0.1) is 31.0 Å². The zero-order valence-electron chi connectivity index (χ0n) is 16.4. The third-order valence-corrected chi connectivity index (χ3v) is 9.76. The molecule has 0 aliphatic heterocycles. The van der Waals surface area contributed by atoms with Crippen molar-refractivity contribution < 1.29 is 28.3 Å². The largest absolute Gasteiger partial charge is 0.546 e. The van der Waals surface area contributed by atoms with Gasteiger partial charge >= 0.3 is 11.9 Å². The van der Waals surface area contributed by atoms with E-state index in [2.05, 4.69) is 33.9 Å². The van der Waals surface area contributed by atoms with Crippen molar-refractivity contribution in [2.24, 2.45) is 5.41 Å². The van der Waals surface area contributed by atoms with Gasteiger partial charge in [-0.25, -0.2) is 4.79 Å². The summed E-state index contributed by atoms with van der Waals surface area (Å²) in [5.74, 6) is -0.413. The summed E-state index contributed by atoms with van der Waals surface area (Å²) in [5.41, 5.74) is -0.689. The van der Waals surface area contributed by atoms with E-state index in [1.165, 1.54) is 14.2 Å². The standard InChI is InChI=1S/C18H30O6Si/c1-17(2,3)25(6,7)24-14-8-9-18(10-11-19,16(21)23-5)12-13(14)15(20)22-4/h11H,8-10,12H2,1-7H3. The SMILES string of the molecule is COC(=O)C1=C(O[Si](C)(C)C(C)(C)C)CCC(CC=O)(C(=O)OC)C1. The van der Waals surface area contributed by atoms with Crippen molar-refractivity contribution in [3.8, 4) is 0 Å². The average Bonchev–Trinajstić information content (AvgIpc) is 2.53. The molecular formula is C18H30O6Si. The van der Waals surface area contributed by atoms with Crippen LogP contribution in [0, 0.1) is 5.41 Å². The van der Waals surface area contributed by atoms with Crippen LogP contribution in [0.4, 0.5) is 0 Å². The van der Waals surface area contributed by atoms with Crippen LogP contribution in [0.3, 0.4) is 0 Å². The van der Waals surface area contributed by atoms with Gasteiger partial charge in [0.25, 0.3) is 0 Å². The fraction of sp³-hybridized carbons (Fsp3) is 0.722. The molecular weight excluding hydrogens is 340 g/mol. The summed E-state index contributed by atoms with van der Waals surface area (Å²) < 4.78 is 16.1. The quantitative estimate of drug-likeness (QED) is 0.405. The normalized spacial score (nSPS) is 21.6. The Balaban J connectivity index is 3.32. The second-order valence-corrected chi connectivity index (χ2v) is 12.8. The maximum absolute atomic E-state index is 12.3. The van der Waals surface area contributed by atoms with Gasteiger partial charge in [-0.1, -0.05) is 20.8 Å². The zero-order valence-corrected chi connectivity index (χ0v) is 17.4. The molecule has 1 aliphatic carbocycles. The fourth-order valence-electron chi connectivity index (χ4n) is 2.72. The maximum Gasteiger partial charge on any atom is 0.337 e. The third kappa shape index (κ3) is 4.51. The van der Waals surface area contributed by atoms with E-state index in [4.69, 9.17) is 13.9 Å². The highest BCUT2D eigenvalue weighted by Gasteiger charge is 2.47. The van der Waals surface area contributed by atoms with Gasteiger partial charge in [0.15, 0.2) is 0 Å². The second kappa shape index (κ2) is 7.72. The lowest BCUT2D eigenvalue weighted by atomic mass is 9.71. The molecule has 1 atom stereocenters. The number of carbonyl (C=O) groups is 3. The Hall–Kier alpha value is -1.63. The predicted octanol–water partition coefficient (Wildman–Crippen LogP) is 3.37. The highest BCUT2D eigenvalue weighted by Crippen LogP contribution is 2.46. The van der Waals surface area contributed by atoms with Gasteiger partial charge in [0, 0.05) is 12.8 Å². The Morgan fingerprint density at radius 2 is 1.80 bits per heavy atom. The Kier molecular flexibility index (Phi) is 6.61. The molecule has 6 nitrogen and oxygen atoms in total. The van der Waals surface area contributed by atoms with Crippen LogP contribution in [0.15, 0.2) is 11.3 Å². The maximum atomic E-state index is 12.3. The number of allylic oxidation sites excluding steroid dienone is 1. The van der Waals surface area contributed by atoms with Crippen LogP contribution in [-0.2, 0) is 28.3 Å². The summed E-state index contributed by atoms with van der Waals surface area (Å²) in [7, 11) is 0.444. The van der Waals surface area contributed by atoms with E-state index >= 15 is 0 Å². The highest BCUT2D eigenvalue weighted by molar-refractivity contribution is 6.74. The molecule has 0 fully saturated rings. The number of aldehydes is 1. The number of hydrogen-bond acceptors (Lipinski definition) is 6. The minimum atomic E-state index is -2.14. The lowest BCUT2D eigenvalue weighted by Crippen LogP contribution is -2.43. The summed E-state index contributed by atoms with van der Waals surface area (Å²) in [6.07, 6.45) is 1.61. The molecule has 0 saturated carbocycles. The predicted molar refractivity (Wildman–Crippen MR) is 96.3 cm³/mol. The van der Waals surface area contributed by atoms with Gasteiger partial charge in [-0.15, -0.1) is 0 Å². The van der Waals surface area contributed by atoms with Crippen molar-refractivity contribution in [3.05, 3.63) is 11.3 Å². The minimum Gasteiger partial charge on any atom is -0.546 e. The lowest BCUT2D eigenvalue weighted by molar-refractivity contribution is -0.155. The van der Waals surface area contributed by atoms with Crippen LogP contribution in [0.1, 0.15) is 46.5 Å².